The summed E-state index contributed by atoms with van der Waals surface area (Å²) < 4.78 is 11.7. The normalized spacial score (nSPS) is 25.9. The van der Waals surface area contributed by atoms with Gasteiger partial charge in [0, 0.05) is 12.5 Å². The van der Waals surface area contributed by atoms with Gasteiger partial charge in [0.15, 0.2) is 0 Å². The molecule has 33 heavy (non-hydrogen) atoms. The van der Waals surface area contributed by atoms with E-state index in [1.165, 1.54) is 5.56 Å². The maximum atomic E-state index is 12.2. The van der Waals surface area contributed by atoms with Gasteiger partial charge in [-0.25, -0.2) is 4.79 Å². The smallest absolute Gasteiger partial charge is 0.407 e. The van der Waals surface area contributed by atoms with Gasteiger partial charge in [-0.3, -0.25) is 4.79 Å². The monoisotopic (exact) mass is 460 g/mol. The van der Waals surface area contributed by atoms with Crippen LogP contribution in [0.5, 0.6) is 0 Å². The number of carboxylic acids is 1. The van der Waals surface area contributed by atoms with Crippen LogP contribution in [0.15, 0.2) is 24.3 Å². The molecule has 0 unspecified atom stereocenters. The van der Waals surface area contributed by atoms with Crippen molar-refractivity contribution in [3.8, 4) is 0 Å². The van der Waals surface area contributed by atoms with Crippen LogP contribution in [0, 0.1) is 0 Å². The molecule has 1 aromatic carbocycles. The third kappa shape index (κ3) is 8.31. The van der Waals surface area contributed by atoms with Crippen molar-refractivity contribution in [3.63, 3.8) is 0 Å². The summed E-state index contributed by atoms with van der Waals surface area (Å²) in [5.74, 6) is -0.290. The number of carboxylic acid groups (broad SMARTS) is 1. The Morgan fingerprint density at radius 3 is 2.55 bits per heavy atom. The highest BCUT2D eigenvalue weighted by Crippen LogP contribution is 2.36. The fraction of sp³-hybridized carbons (Fsp3) is 0.692. The van der Waals surface area contributed by atoms with Crippen LogP contribution in [0.25, 0.3) is 0 Å². The van der Waals surface area contributed by atoms with Crippen molar-refractivity contribution >= 4 is 12.1 Å². The molecule has 0 radical (unpaired) electrons. The van der Waals surface area contributed by atoms with Crippen molar-refractivity contribution in [1.29, 1.82) is 0 Å². The van der Waals surface area contributed by atoms with Gasteiger partial charge in [0.2, 0.25) is 0 Å². The fourth-order valence-corrected chi connectivity index (χ4v) is 4.94. The van der Waals surface area contributed by atoms with E-state index in [2.05, 4.69) is 28.8 Å². The van der Waals surface area contributed by atoms with E-state index < -0.39 is 11.6 Å². The van der Waals surface area contributed by atoms with Gasteiger partial charge in [-0.15, -0.1) is 0 Å². The van der Waals surface area contributed by atoms with Gasteiger partial charge in [-0.2, -0.15) is 0 Å². The molecule has 2 fully saturated rings. The molecule has 1 aliphatic heterocycles. The Morgan fingerprint density at radius 2 is 1.85 bits per heavy atom. The second-order valence-corrected chi connectivity index (χ2v) is 10.4. The number of amides is 1. The zero-order valence-electron chi connectivity index (χ0n) is 20.3. The average Bonchev–Trinajstić information content (AvgIpc) is 2.76. The lowest BCUT2D eigenvalue weighted by Crippen LogP contribution is -2.56. The van der Waals surface area contributed by atoms with Crippen LogP contribution in [-0.4, -0.2) is 54.1 Å². The maximum absolute atomic E-state index is 12.2. The molecule has 1 aliphatic carbocycles. The Kier molecular flexibility index (Phi) is 9.15. The van der Waals surface area contributed by atoms with Crippen LogP contribution in [0.1, 0.15) is 82.8 Å². The number of carbonyl (C=O) groups excluding carboxylic acids is 1. The van der Waals surface area contributed by atoms with E-state index in [1.807, 2.05) is 26.8 Å². The minimum Gasteiger partial charge on any atom is -0.481 e. The van der Waals surface area contributed by atoms with Crippen molar-refractivity contribution in [2.45, 2.75) is 102 Å². The first kappa shape index (κ1) is 25.5. The molecular weight excluding hydrogens is 420 g/mol. The minimum atomic E-state index is -0.752. The molecule has 184 valence electrons. The molecule has 7 nitrogen and oxygen atoms in total. The summed E-state index contributed by atoms with van der Waals surface area (Å²) in [6, 6.07) is 8.35. The van der Waals surface area contributed by atoms with E-state index in [4.69, 9.17) is 14.6 Å². The first-order chi connectivity index (χ1) is 15.7. The summed E-state index contributed by atoms with van der Waals surface area (Å²) >= 11 is 0. The number of ether oxygens (including phenoxy) is 2. The van der Waals surface area contributed by atoms with Crippen molar-refractivity contribution in [3.05, 3.63) is 35.4 Å². The number of aliphatic carboxylic acids is 1. The van der Waals surface area contributed by atoms with Crippen LogP contribution in [0.4, 0.5) is 4.79 Å². The first-order valence-corrected chi connectivity index (χ1v) is 12.4. The van der Waals surface area contributed by atoms with Crippen LogP contribution < -0.4 is 10.6 Å². The molecule has 1 amide bonds. The molecule has 7 heteroatoms. The lowest BCUT2D eigenvalue weighted by atomic mass is 9.80. The van der Waals surface area contributed by atoms with Gasteiger partial charge in [0.25, 0.3) is 0 Å². The SMILES string of the molecule is CC(C)(C)OC(=O)N[C@H]1CCCN[C@H]1COC1CCC(c2ccccc2CCC(=O)O)CC1. The highest BCUT2D eigenvalue weighted by atomic mass is 16.6. The van der Waals surface area contributed by atoms with Gasteiger partial charge >= 0.3 is 12.1 Å². The minimum absolute atomic E-state index is 0.00560. The second kappa shape index (κ2) is 11.8. The number of nitrogens with one attached hydrogen (secondary N) is 2. The Balaban J connectivity index is 1.47. The van der Waals surface area contributed by atoms with Gasteiger partial charge in [-0.05, 0) is 89.3 Å². The van der Waals surface area contributed by atoms with Gasteiger partial charge in [0.05, 0.1) is 18.8 Å². The molecule has 0 aromatic heterocycles. The first-order valence-electron chi connectivity index (χ1n) is 12.4. The highest BCUT2D eigenvalue weighted by Gasteiger charge is 2.30. The maximum Gasteiger partial charge on any atom is 0.407 e. The highest BCUT2D eigenvalue weighted by molar-refractivity contribution is 5.68. The summed E-state index contributed by atoms with van der Waals surface area (Å²) in [6.45, 7) is 7.11. The molecule has 1 heterocycles. The predicted molar refractivity (Wildman–Crippen MR) is 128 cm³/mol. The lowest BCUT2D eigenvalue weighted by Gasteiger charge is -2.36. The topological polar surface area (TPSA) is 96.9 Å². The number of alkyl carbamates (subject to hydrolysis) is 1. The van der Waals surface area contributed by atoms with Crippen LogP contribution >= 0.6 is 0 Å². The number of benzene rings is 1. The molecule has 2 aliphatic rings. The largest absolute Gasteiger partial charge is 0.481 e. The quantitative estimate of drug-likeness (QED) is 0.532. The Bertz CT molecular complexity index is 783. The number of hydrogen-bond acceptors (Lipinski definition) is 5. The second-order valence-electron chi connectivity index (χ2n) is 10.4. The zero-order chi connectivity index (χ0) is 23.8. The van der Waals surface area contributed by atoms with E-state index >= 15 is 0 Å². The summed E-state index contributed by atoms with van der Waals surface area (Å²) in [5, 5.41) is 15.6. The average molecular weight is 461 g/mol. The summed E-state index contributed by atoms with van der Waals surface area (Å²) in [7, 11) is 0. The Labute approximate surface area is 197 Å². The third-order valence-corrected chi connectivity index (χ3v) is 6.58. The third-order valence-electron chi connectivity index (χ3n) is 6.58. The Morgan fingerprint density at radius 1 is 1.12 bits per heavy atom. The van der Waals surface area contributed by atoms with Crippen molar-refractivity contribution in [1.82, 2.24) is 10.6 Å². The van der Waals surface area contributed by atoms with Crippen molar-refractivity contribution in [2.75, 3.05) is 13.2 Å². The molecule has 0 bridgehead atoms. The van der Waals surface area contributed by atoms with E-state index in [0.717, 1.165) is 50.6 Å². The predicted octanol–water partition coefficient (Wildman–Crippen LogP) is 4.39. The van der Waals surface area contributed by atoms with Gasteiger partial charge < -0.3 is 25.2 Å². The van der Waals surface area contributed by atoms with Gasteiger partial charge in [0.1, 0.15) is 5.60 Å². The van der Waals surface area contributed by atoms with E-state index in [-0.39, 0.29) is 30.7 Å². The number of hydrogen-bond donors (Lipinski definition) is 3. The van der Waals surface area contributed by atoms with E-state index in [1.54, 1.807) is 0 Å². The fourth-order valence-electron chi connectivity index (χ4n) is 4.94. The van der Waals surface area contributed by atoms with Crippen LogP contribution in [0.3, 0.4) is 0 Å². The Hall–Kier alpha value is -2.12. The molecule has 3 N–H and O–H groups in total. The number of rotatable bonds is 8. The standard InChI is InChI=1S/C26H40N2O5/c1-26(2,3)33-25(31)28-22-9-6-16-27-23(22)17-32-20-13-10-19(11-14-20)21-8-5-4-7-18(21)12-15-24(29)30/h4-5,7-8,19-20,22-23,27H,6,9-17H2,1-3H3,(H,28,31)(H,29,30)/t19?,20?,22-,23-/m0/s1. The molecule has 3 rings (SSSR count). The summed E-state index contributed by atoms with van der Waals surface area (Å²) in [6.07, 6.45) is 6.62. The zero-order valence-corrected chi connectivity index (χ0v) is 20.3. The molecule has 2 atom stereocenters. The number of piperidine rings is 1. The van der Waals surface area contributed by atoms with Crippen molar-refractivity contribution in [2.24, 2.45) is 0 Å². The number of aryl methyl sites for hydroxylation is 1. The van der Waals surface area contributed by atoms with Crippen LogP contribution in [-0.2, 0) is 20.7 Å². The molecule has 1 aromatic rings. The summed E-state index contributed by atoms with van der Waals surface area (Å²) in [4.78, 5) is 23.2. The van der Waals surface area contributed by atoms with Crippen LogP contribution in [0.2, 0.25) is 0 Å². The molecular formula is C26H40N2O5. The lowest BCUT2D eigenvalue weighted by molar-refractivity contribution is -0.136. The van der Waals surface area contributed by atoms with Crippen molar-refractivity contribution < 1.29 is 24.2 Å². The summed E-state index contributed by atoms with van der Waals surface area (Å²) in [5.41, 5.74) is 1.95. The molecule has 1 saturated carbocycles. The van der Waals surface area contributed by atoms with Gasteiger partial charge in [-0.1, -0.05) is 24.3 Å². The van der Waals surface area contributed by atoms with E-state index in [9.17, 15) is 9.59 Å². The molecule has 1 saturated heterocycles. The van der Waals surface area contributed by atoms with E-state index in [0.29, 0.717) is 18.9 Å². The number of carbonyl (C=O) groups is 2. The molecule has 0 spiro atoms.